The largest absolute Gasteiger partial charge is 0.308 e. The molecule has 0 saturated carbocycles. The van der Waals surface area contributed by atoms with E-state index in [1.165, 1.54) is 18.4 Å². The molecule has 0 aromatic heterocycles. The molecule has 2 unspecified atom stereocenters. The molecule has 2 aliphatic rings. The molecule has 6 heteroatoms. The van der Waals surface area contributed by atoms with E-state index in [0.717, 1.165) is 50.4 Å². The Morgan fingerprint density at radius 3 is 2.73 bits per heavy atom. The predicted molar refractivity (Wildman–Crippen MR) is 106 cm³/mol. The molecule has 0 radical (unpaired) electrons. The fraction of sp³-hybridized carbons (Fsp3) is 0.700. The van der Waals surface area contributed by atoms with Crippen LogP contribution in [-0.2, 0) is 16.4 Å². The Morgan fingerprint density at radius 1 is 1.27 bits per heavy atom. The molecule has 2 atom stereocenters. The van der Waals surface area contributed by atoms with Crippen molar-refractivity contribution in [2.24, 2.45) is 11.1 Å². The van der Waals surface area contributed by atoms with Gasteiger partial charge in [-0.1, -0.05) is 13.0 Å². The first-order chi connectivity index (χ1) is 12.2. The SMILES string of the molecule is CC1CCCN(C(C)(C)CNC2CCCc3ccc(S(N)(=O)=O)cc32)C1. The molecule has 0 bridgehead atoms. The molecule has 26 heavy (non-hydrogen) atoms. The van der Waals surface area contributed by atoms with Crippen LogP contribution < -0.4 is 10.5 Å². The van der Waals surface area contributed by atoms with Crippen molar-refractivity contribution in [1.29, 1.82) is 0 Å². The number of fused-ring (bicyclic) bond motifs is 1. The number of piperidine rings is 1. The maximum atomic E-state index is 11.7. The number of nitrogens with one attached hydrogen (secondary N) is 1. The molecule has 146 valence electrons. The Labute approximate surface area is 158 Å². The average Bonchev–Trinajstić information content (AvgIpc) is 2.58. The number of hydrogen-bond acceptors (Lipinski definition) is 4. The number of primary sulfonamides is 1. The summed E-state index contributed by atoms with van der Waals surface area (Å²) in [4.78, 5) is 2.81. The maximum absolute atomic E-state index is 11.7. The number of nitrogens with two attached hydrogens (primary N) is 1. The summed E-state index contributed by atoms with van der Waals surface area (Å²) in [6.07, 6.45) is 5.76. The van der Waals surface area contributed by atoms with E-state index in [0.29, 0.717) is 0 Å². The van der Waals surface area contributed by atoms with E-state index in [4.69, 9.17) is 5.14 Å². The molecule has 5 nitrogen and oxygen atoms in total. The standard InChI is InChI=1S/C20H33N3O2S/c1-15-6-5-11-23(13-15)20(2,3)14-22-19-8-4-7-16-9-10-17(12-18(16)19)26(21,24)25/h9-10,12,15,19,22H,4-8,11,13-14H2,1-3H3,(H2,21,24,25). The van der Waals surface area contributed by atoms with Crippen LogP contribution in [-0.4, -0.2) is 38.5 Å². The van der Waals surface area contributed by atoms with Crippen LogP contribution in [0.1, 0.15) is 63.6 Å². The molecule has 1 aliphatic heterocycles. The Morgan fingerprint density at radius 2 is 2.04 bits per heavy atom. The summed E-state index contributed by atoms with van der Waals surface area (Å²) < 4.78 is 23.5. The smallest absolute Gasteiger partial charge is 0.238 e. The number of rotatable bonds is 5. The minimum absolute atomic E-state index is 0.0871. The normalized spacial score (nSPS) is 25.1. The zero-order valence-corrected chi connectivity index (χ0v) is 17.1. The Bertz CT molecular complexity index is 745. The van der Waals surface area contributed by atoms with Crippen molar-refractivity contribution in [1.82, 2.24) is 10.2 Å². The fourth-order valence-electron chi connectivity index (χ4n) is 4.39. The van der Waals surface area contributed by atoms with Crippen LogP contribution in [0.3, 0.4) is 0 Å². The maximum Gasteiger partial charge on any atom is 0.238 e. The highest BCUT2D eigenvalue weighted by Gasteiger charge is 2.31. The van der Waals surface area contributed by atoms with Crippen molar-refractivity contribution in [3.8, 4) is 0 Å². The predicted octanol–water partition coefficient (Wildman–Crippen LogP) is 2.81. The number of benzene rings is 1. The van der Waals surface area contributed by atoms with Crippen LogP contribution in [0.2, 0.25) is 0 Å². The van der Waals surface area contributed by atoms with Gasteiger partial charge in [-0.05, 0) is 81.7 Å². The van der Waals surface area contributed by atoms with E-state index in [9.17, 15) is 8.42 Å². The molecule has 1 fully saturated rings. The number of likely N-dealkylation sites (tertiary alicyclic amines) is 1. The molecule has 3 rings (SSSR count). The van der Waals surface area contributed by atoms with Gasteiger partial charge in [-0.3, -0.25) is 4.90 Å². The molecule has 1 saturated heterocycles. The van der Waals surface area contributed by atoms with E-state index in [1.54, 1.807) is 12.1 Å². The van der Waals surface area contributed by atoms with E-state index >= 15 is 0 Å². The van der Waals surface area contributed by atoms with Gasteiger partial charge in [-0.15, -0.1) is 0 Å². The first-order valence-corrected chi connectivity index (χ1v) is 11.4. The molecule has 1 aromatic carbocycles. The monoisotopic (exact) mass is 379 g/mol. The number of nitrogens with zero attached hydrogens (tertiary/aromatic N) is 1. The lowest BCUT2D eigenvalue weighted by Crippen LogP contribution is -2.54. The van der Waals surface area contributed by atoms with Crippen molar-refractivity contribution in [3.05, 3.63) is 29.3 Å². The molecule has 0 spiro atoms. The molecular weight excluding hydrogens is 346 g/mol. The Hall–Kier alpha value is -0.950. The second-order valence-electron chi connectivity index (χ2n) is 8.74. The third kappa shape index (κ3) is 4.47. The first-order valence-electron chi connectivity index (χ1n) is 9.81. The number of aryl methyl sites for hydroxylation is 1. The minimum Gasteiger partial charge on any atom is -0.308 e. The molecule has 1 aromatic rings. The van der Waals surface area contributed by atoms with Crippen LogP contribution in [0.25, 0.3) is 0 Å². The van der Waals surface area contributed by atoms with Crippen LogP contribution in [0.15, 0.2) is 23.1 Å². The third-order valence-corrected chi connectivity index (χ3v) is 6.97. The molecule has 3 N–H and O–H groups in total. The molecule has 1 aliphatic carbocycles. The van der Waals surface area contributed by atoms with Gasteiger partial charge in [-0.25, -0.2) is 13.6 Å². The quantitative estimate of drug-likeness (QED) is 0.825. The fourth-order valence-corrected chi connectivity index (χ4v) is 4.94. The topological polar surface area (TPSA) is 75.4 Å². The average molecular weight is 380 g/mol. The van der Waals surface area contributed by atoms with Crippen molar-refractivity contribution < 1.29 is 8.42 Å². The molecule has 0 amide bonds. The van der Waals surface area contributed by atoms with Crippen LogP contribution in [0, 0.1) is 5.92 Å². The lowest BCUT2D eigenvalue weighted by atomic mass is 9.87. The van der Waals surface area contributed by atoms with Gasteiger partial charge >= 0.3 is 0 Å². The van der Waals surface area contributed by atoms with Gasteiger partial charge in [-0.2, -0.15) is 0 Å². The van der Waals surface area contributed by atoms with Gasteiger partial charge in [0.05, 0.1) is 4.90 Å². The summed E-state index contributed by atoms with van der Waals surface area (Å²) in [6, 6.07) is 5.54. The highest BCUT2D eigenvalue weighted by molar-refractivity contribution is 7.89. The highest BCUT2D eigenvalue weighted by Crippen LogP contribution is 2.32. The lowest BCUT2D eigenvalue weighted by molar-refractivity contribution is 0.0682. The van der Waals surface area contributed by atoms with Crippen molar-refractivity contribution >= 4 is 10.0 Å². The second kappa shape index (κ2) is 7.58. The molecule has 1 heterocycles. The zero-order valence-electron chi connectivity index (χ0n) is 16.3. The van der Waals surface area contributed by atoms with Gasteiger partial charge in [0.15, 0.2) is 0 Å². The third-order valence-electron chi connectivity index (χ3n) is 6.05. The van der Waals surface area contributed by atoms with Crippen molar-refractivity contribution in [2.75, 3.05) is 19.6 Å². The summed E-state index contributed by atoms with van der Waals surface area (Å²) in [6.45, 7) is 10.2. The summed E-state index contributed by atoms with van der Waals surface area (Å²) in [5.74, 6) is 0.760. The summed E-state index contributed by atoms with van der Waals surface area (Å²) in [7, 11) is -3.66. The highest BCUT2D eigenvalue weighted by atomic mass is 32.2. The van der Waals surface area contributed by atoms with Crippen LogP contribution in [0.4, 0.5) is 0 Å². The summed E-state index contributed by atoms with van der Waals surface area (Å²) in [5.41, 5.74) is 2.43. The zero-order chi connectivity index (χ0) is 18.9. The van der Waals surface area contributed by atoms with Crippen LogP contribution in [0.5, 0.6) is 0 Å². The van der Waals surface area contributed by atoms with Gasteiger partial charge in [0.25, 0.3) is 0 Å². The Balaban J connectivity index is 1.73. The van der Waals surface area contributed by atoms with Crippen LogP contribution >= 0.6 is 0 Å². The van der Waals surface area contributed by atoms with Gasteiger partial charge < -0.3 is 5.32 Å². The van der Waals surface area contributed by atoms with E-state index < -0.39 is 10.0 Å². The van der Waals surface area contributed by atoms with Gasteiger partial charge in [0.1, 0.15) is 0 Å². The lowest BCUT2D eigenvalue weighted by Gasteiger charge is -2.44. The Kier molecular flexibility index (Phi) is 5.78. The number of hydrogen-bond donors (Lipinski definition) is 2. The second-order valence-corrected chi connectivity index (χ2v) is 10.3. The van der Waals surface area contributed by atoms with Crippen molar-refractivity contribution in [2.45, 2.75) is 69.4 Å². The molecular formula is C20H33N3O2S. The van der Waals surface area contributed by atoms with Gasteiger partial charge in [0.2, 0.25) is 10.0 Å². The summed E-state index contributed by atoms with van der Waals surface area (Å²) >= 11 is 0. The first kappa shape index (κ1) is 19.8. The minimum atomic E-state index is -3.66. The van der Waals surface area contributed by atoms with E-state index in [1.807, 2.05) is 6.07 Å². The van der Waals surface area contributed by atoms with E-state index in [2.05, 4.69) is 31.0 Å². The van der Waals surface area contributed by atoms with Crippen molar-refractivity contribution in [3.63, 3.8) is 0 Å². The van der Waals surface area contributed by atoms with E-state index in [-0.39, 0.29) is 16.5 Å². The number of sulfonamides is 1. The summed E-state index contributed by atoms with van der Waals surface area (Å²) in [5, 5.41) is 9.07. The van der Waals surface area contributed by atoms with Gasteiger partial charge in [0, 0.05) is 24.7 Å².